The molecule has 0 spiro atoms. The number of hydrogen-bond donors (Lipinski definition) is 13. The second-order valence-electron chi connectivity index (χ2n) is 15.2. The molecule has 24 heteroatoms. The first-order chi connectivity index (χ1) is 29.9. The Bertz CT molecular complexity index is 1920. The van der Waals surface area contributed by atoms with E-state index in [0.717, 1.165) is 12.1 Å². The van der Waals surface area contributed by atoms with Crippen LogP contribution in [0.4, 0.5) is 0 Å². The molecule has 0 bridgehead atoms. The third kappa shape index (κ3) is 11.0. The van der Waals surface area contributed by atoms with E-state index in [2.05, 4.69) is 0 Å². The molecule has 4 aliphatic heterocycles. The third-order valence-electron chi connectivity index (χ3n) is 10.7. The predicted octanol–water partition coefficient (Wildman–Crippen LogP) is -5.15. The third-order valence-corrected chi connectivity index (χ3v) is 10.7. The molecule has 4 saturated heterocycles. The van der Waals surface area contributed by atoms with Gasteiger partial charge < -0.3 is 109 Å². The maximum absolute atomic E-state index is 12.5. The number of aliphatic hydroxyl groups is 11. The van der Waals surface area contributed by atoms with Crippen LogP contribution in [-0.4, -0.2) is 209 Å². The number of aromatic hydroxyl groups is 2. The lowest BCUT2D eigenvalue weighted by Crippen LogP contribution is -2.60. The van der Waals surface area contributed by atoms with Gasteiger partial charge in [0, 0.05) is 6.08 Å². The van der Waals surface area contributed by atoms with Gasteiger partial charge in [0.25, 0.3) is 0 Å². The molecule has 24 nitrogen and oxygen atoms in total. The van der Waals surface area contributed by atoms with Crippen LogP contribution in [0, 0.1) is 11.3 Å². The summed E-state index contributed by atoms with van der Waals surface area (Å²) in [5, 5.41) is 144. The maximum atomic E-state index is 12.5. The normalized spacial score (nSPS) is 38.8. The van der Waals surface area contributed by atoms with Crippen LogP contribution in [0.3, 0.4) is 0 Å². The standard InChI is InChI=1S/C39H49NO23/c40-10-21(17-2-1-3-18(42)9-17)60-37-33(52)30(49)27(46)23(62-37)12-55-35-31(50)28(47)24(13-56-35)63-38-34(53)39(54,15-58-38)14-57-25(44)7-5-16-4-6-20(19(43)8-16)59-36-32(51)29(48)26(45)22(11-41)61-36/h1-9,21-24,26-38,41-43,45-54H,11-15H2/t21-,22-,23-,24-,26-,27-,28+,29+,30+,31-,32-,33-,34+,35-,36-,37-,38+,39+/m1/s1. The summed E-state index contributed by atoms with van der Waals surface area (Å²) in [5.74, 6) is -1.85. The molecule has 4 aliphatic rings. The number of esters is 1. The molecule has 2 aromatic carbocycles. The molecule has 0 radical (unpaired) electrons. The fourth-order valence-electron chi connectivity index (χ4n) is 6.90. The summed E-state index contributed by atoms with van der Waals surface area (Å²) in [6.07, 6.45) is -25.5. The molecule has 18 atom stereocenters. The highest BCUT2D eigenvalue weighted by Crippen LogP contribution is 2.34. The minimum absolute atomic E-state index is 0.165. The van der Waals surface area contributed by atoms with Crippen LogP contribution in [-0.2, 0) is 42.7 Å². The number of phenols is 2. The van der Waals surface area contributed by atoms with Crippen LogP contribution in [0.25, 0.3) is 6.08 Å². The van der Waals surface area contributed by atoms with E-state index in [0.29, 0.717) is 0 Å². The topological polar surface area (TPSA) is 387 Å². The van der Waals surface area contributed by atoms with E-state index in [-0.39, 0.29) is 22.6 Å². The molecule has 0 aliphatic carbocycles. The molecule has 63 heavy (non-hydrogen) atoms. The van der Waals surface area contributed by atoms with E-state index in [1.54, 1.807) is 0 Å². The number of rotatable bonds is 15. The van der Waals surface area contributed by atoms with E-state index in [1.165, 1.54) is 42.5 Å². The fraction of sp³-hybridized carbons (Fsp3) is 0.590. The Morgan fingerprint density at radius 2 is 1.51 bits per heavy atom. The number of benzene rings is 2. The van der Waals surface area contributed by atoms with E-state index in [1.807, 2.05) is 6.07 Å². The van der Waals surface area contributed by atoms with Crippen LogP contribution >= 0.6 is 0 Å². The second-order valence-corrected chi connectivity index (χ2v) is 15.2. The van der Waals surface area contributed by atoms with Gasteiger partial charge in [0.15, 0.2) is 42.1 Å². The summed E-state index contributed by atoms with van der Waals surface area (Å²) in [7, 11) is 0. The Morgan fingerprint density at radius 3 is 2.19 bits per heavy atom. The summed E-state index contributed by atoms with van der Waals surface area (Å²) < 4.78 is 48.8. The molecule has 4 heterocycles. The molecule has 4 fully saturated rings. The molecule has 0 saturated carbocycles. The number of phenolic OH excluding ortho intramolecular Hbond substituents is 2. The Hall–Kier alpha value is -4.18. The summed E-state index contributed by atoms with van der Waals surface area (Å²) in [4.78, 5) is 12.5. The average Bonchev–Trinajstić information content (AvgIpc) is 3.55. The number of ether oxygens (including phenoxy) is 9. The number of carbonyl (C=O) groups is 1. The van der Waals surface area contributed by atoms with Gasteiger partial charge >= 0.3 is 5.97 Å². The van der Waals surface area contributed by atoms with Crippen LogP contribution < -0.4 is 4.74 Å². The Kier molecular flexibility index (Phi) is 15.9. The van der Waals surface area contributed by atoms with Crippen molar-refractivity contribution in [1.82, 2.24) is 0 Å². The highest BCUT2D eigenvalue weighted by Gasteiger charge is 2.53. The van der Waals surface area contributed by atoms with E-state index in [4.69, 9.17) is 42.6 Å². The lowest BCUT2D eigenvalue weighted by molar-refractivity contribution is -0.331. The zero-order chi connectivity index (χ0) is 45.7. The number of aliphatic hydroxyl groups excluding tert-OH is 10. The van der Waals surface area contributed by atoms with Crippen molar-refractivity contribution in [2.75, 3.05) is 33.0 Å². The fourth-order valence-corrected chi connectivity index (χ4v) is 6.90. The zero-order valence-corrected chi connectivity index (χ0v) is 32.9. The molecule has 348 valence electrons. The van der Waals surface area contributed by atoms with Gasteiger partial charge in [0.1, 0.15) is 85.6 Å². The molecular weight excluding hydrogens is 850 g/mol. The molecule has 0 aromatic heterocycles. The highest BCUT2D eigenvalue weighted by atomic mass is 16.8. The van der Waals surface area contributed by atoms with Crippen molar-refractivity contribution < 1.29 is 114 Å². The van der Waals surface area contributed by atoms with Gasteiger partial charge in [-0.3, -0.25) is 0 Å². The van der Waals surface area contributed by atoms with Gasteiger partial charge in [0.2, 0.25) is 6.29 Å². The van der Waals surface area contributed by atoms with Crippen molar-refractivity contribution in [1.29, 1.82) is 5.26 Å². The van der Waals surface area contributed by atoms with Gasteiger partial charge in [-0.15, -0.1) is 0 Å². The number of hydrogen-bond acceptors (Lipinski definition) is 24. The van der Waals surface area contributed by atoms with Gasteiger partial charge in [-0.2, -0.15) is 5.26 Å². The monoisotopic (exact) mass is 899 g/mol. The summed E-state index contributed by atoms with van der Waals surface area (Å²) >= 11 is 0. The lowest BCUT2D eigenvalue weighted by Gasteiger charge is -2.42. The van der Waals surface area contributed by atoms with E-state index in [9.17, 15) is 76.4 Å². The molecular formula is C39H49NO23. The van der Waals surface area contributed by atoms with Crippen molar-refractivity contribution in [3.63, 3.8) is 0 Å². The zero-order valence-electron chi connectivity index (χ0n) is 32.9. The molecule has 0 amide bonds. The first-order valence-electron chi connectivity index (χ1n) is 19.4. The smallest absolute Gasteiger partial charge is 0.330 e. The second kappa shape index (κ2) is 20.8. The van der Waals surface area contributed by atoms with E-state index >= 15 is 0 Å². The Morgan fingerprint density at radius 1 is 0.825 bits per heavy atom. The largest absolute Gasteiger partial charge is 0.508 e. The minimum Gasteiger partial charge on any atom is -0.508 e. The van der Waals surface area contributed by atoms with Crippen LogP contribution in [0.2, 0.25) is 0 Å². The van der Waals surface area contributed by atoms with Crippen molar-refractivity contribution in [3.05, 3.63) is 59.7 Å². The summed E-state index contributed by atoms with van der Waals surface area (Å²) in [6, 6.07) is 11.2. The van der Waals surface area contributed by atoms with Crippen LogP contribution in [0.15, 0.2) is 48.5 Å². The van der Waals surface area contributed by atoms with Crippen molar-refractivity contribution in [2.24, 2.45) is 0 Å². The number of carbonyl (C=O) groups excluding carboxylic acids is 1. The predicted molar refractivity (Wildman–Crippen MR) is 200 cm³/mol. The first kappa shape index (κ1) is 48.3. The quantitative estimate of drug-likeness (QED) is 0.0587. The van der Waals surface area contributed by atoms with Gasteiger partial charge in [0.05, 0.1) is 32.5 Å². The lowest BCUT2D eigenvalue weighted by atomic mass is 9.99. The SMILES string of the molecule is N#C[C@@H](O[C@@H]1O[C@H](CO[C@@H]2OC[C@@H](O[C@@H]3OC[C@@](O)(COC(=O)C=Cc4ccc(O[C@@H]5O[C@H](CO)[C@@H](O)[C@H](O)[C@H]5O)c(O)c4)[C@H]3O)[C@H](O)[C@H]2O)[C@@H](O)[C@H](O)[C@H]1O)c1cccc(O)c1. The average molecular weight is 900 g/mol. The highest BCUT2D eigenvalue weighted by molar-refractivity contribution is 5.87. The molecule has 13 N–H and O–H groups in total. The number of nitrogens with zero attached hydrogens (tertiary/aromatic N) is 1. The molecule has 0 unspecified atom stereocenters. The molecule has 6 rings (SSSR count). The first-order valence-corrected chi connectivity index (χ1v) is 19.4. The van der Waals surface area contributed by atoms with E-state index < -0.39 is 155 Å². The van der Waals surface area contributed by atoms with Gasteiger partial charge in [-0.05, 0) is 41.5 Å². The van der Waals surface area contributed by atoms with Crippen LogP contribution in [0.5, 0.6) is 17.2 Å². The summed E-state index contributed by atoms with van der Waals surface area (Å²) in [5.41, 5.74) is -1.74. The minimum atomic E-state index is -2.20. The maximum Gasteiger partial charge on any atom is 0.330 e. The van der Waals surface area contributed by atoms with Crippen LogP contribution in [0.1, 0.15) is 17.2 Å². The summed E-state index contributed by atoms with van der Waals surface area (Å²) in [6.45, 7) is -3.16. The van der Waals surface area contributed by atoms with Crippen molar-refractivity contribution in [3.8, 4) is 23.3 Å². The Balaban J connectivity index is 0.949. The van der Waals surface area contributed by atoms with Gasteiger partial charge in [-0.25, -0.2) is 4.79 Å². The van der Waals surface area contributed by atoms with Gasteiger partial charge in [-0.1, -0.05) is 18.2 Å². The Labute approximate surface area is 357 Å². The van der Waals surface area contributed by atoms with Crippen molar-refractivity contribution >= 4 is 12.0 Å². The molecule has 2 aromatic rings. The number of nitriles is 1. The van der Waals surface area contributed by atoms with Crippen molar-refractivity contribution in [2.45, 2.75) is 110 Å².